The molecule has 98 valence electrons. The van der Waals surface area contributed by atoms with Gasteiger partial charge < -0.3 is 0 Å². The molecule has 0 aromatic carbocycles. The van der Waals surface area contributed by atoms with Crippen LogP contribution in [0.2, 0.25) is 0 Å². The molecule has 0 amide bonds. The number of pyridine rings is 1. The maximum Gasteiger partial charge on any atom is 0.0673 e. The first kappa shape index (κ1) is 13.2. The molecular formula is C15H23N3. The number of nitrogens with two attached hydrogens (primary N) is 1. The van der Waals surface area contributed by atoms with E-state index in [1.165, 1.54) is 42.4 Å². The van der Waals surface area contributed by atoms with Gasteiger partial charge in [0.15, 0.2) is 0 Å². The molecule has 1 aliphatic carbocycles. The number of nitrogens with zero attached hydrogens (tertiary/aromatic N) is 1. The second kappa shape index (κ2) is 6.66. The third-order valence-electron chi connectivity index (χ3n) is 3.75. The summed E-state index contributed by atoms with van der Waals surface area (Å²) in [4.78, 5) is 4.21. The van der Waals surface area contributed by atoms with Crippen LogP contribution in [0.15, 0.2) is 30.1 Å². The Morgan fingerprint density at radius 2 is 2.28 bits per heavy atom. The average molecular weight is 245 g/mol. The molecule has 1 atom stereocenters. The number of hydrazine groups is 1. The van der Waals surface area contributed by atoms with Gasteiger partial charge in [-0.3, -0.25) is 10.8 Å². The van der Waals surface area contributed by atoms with Gasteiger partial charge in [0.05, 0.1) is 6.04 Å². The molecule has 0 spiro atoms. The molecule has 1 heterocycles. The molecule has 0 saturated carbocycles. The van der Waals surface area contributed by atoms with E-state index in [4.69, 9.17) is 5.84 Å². The third-order valence-corrected chi connectivity index (χ3v) is 3.75. The Morgan fingerprint density at radius 3 is 3.06 bits per heavy atom. The Morgan fingerprint density at radius 1 is 1.39 bits per heavy atom. The van der Waals surface area contributed by atoms with Crippen LogP contribution in [0.3, 0.4) is 0 Å². The molecule has 1 aromatic heterocycles. The maximum absolute atomic E-state index is 5.80. The zero-order valence-electron chi connectivity index (χ0n) is 11.2. The van der Waals surface area contributed by atoms with Crippen molar-refractivity contribution in [1.29, 1.82) is 0 Å². The van der Waals surface area contributed by atoms with Crippen molar-refractivity contribution in [2.24, 2.45) is 5.84 Å². The highest BCUT2D eigenvalue weighted by Gasteiger charge is 2.18. The van der Waals surface area contributed by atoms with Crippen molar-refractivity contribution in [3.8, 4) is 0 Å². The smallest absolute Gasteiger partial charge is 0.0673 e. The van der Waals surface area contributed by atoms with Crippen LogP contribution in [-0.2, 0) is 6.42 Å². The Labute approximate surface area is 109 Å². The molecule has 18 heavy (non-hydrogen) atoms. The van der Waals surface area contributed by atoms with E-state index in [9.17, 15) is 0 Å². The van der Waals surface area contributed by atoms with Gasteiger partial charge in [0.2, 0.25) is 0 Å². The molecule has 3 N–H and O–H groups in total. The van der Waals surface area contributed by atoms with Crippen molar-refractivity contribution in [2.75, 3.05) is 0 Å². The summed E-state index contributed by atoms with van der Waals surface area (Å²) in [5, 5.41) is 0. The van der Waals surface area contributed by atoms with Gasteiger partial charge in [-0.1, -0.05) is 25.0 Å². The minimum Gasteiger partial charge on any atom is -0.271 e. The summed E-state index contributed by atoms with van der Waals surface area (Å²) in [5.74, 6) is 5.80. The number of hydrogen-bond acceptors (Lipinski definition) is 3. The van der Waals surface area contributed by atoms with Gasteiger partial charge in [-0.05, 0) is 49.3 Å². The van der Waals surface area contributed by atoms with Crippen molar-refractivity contribution in [2.45, 2.75) is 51.5 Å². The van der Waals surface area contributed by atoms with Crippen LogP contribution in [-0.4, -0.2) is 4.98 Å². The van der Waals surface area contributed by atoms with Gasteiger partial charge in [0.25, 0.3) is 0 Å². The van der Waals surface area contributed by atoms with Crippen molar-refractivity contribution < 1.29 is 0 Å². The fourth-order valence-corrected chi connectivity index (χ4v) is 2.71. The summed E-state index contributed by atoms with van der Waals surface area (Å²) in [6, 6.07) is 2.25. The average Bonchev–Trinajstić information content (AvgIpc) is 2.69. The van der Waals surface area contributed by atoms with Crippen LogP contribution >= 0.6 is 0 Å². The second-order valence-electron chi connectivity index (χ2n) is 4.91. The first-order valence-corrected chi connectivity index (χ1v) is 6.94. The number of nitrogens with one attached hydrogen (secondary N) is 1. The molecule has 0 aliphatic heterocycles. The van der Waals surface area contributed by atoms with Crippen LogP contribution in [0.1, 0.15) is 56.2 Å². The Kier molecular flexibility index (Phi) is 4.90. The van der Waals surface area contributed by atoms with E-state index in [1.807, 2.05) is 12.4 Å². The number of rotatable bonds is 4. The summed E-state index contributed by atoms with van der Waals surface area (Å²) in [7, 11) is 0. The van der Waals surface area contributed by atoms with Crippen LogP contribution < -0.4 is 11.3 Å². The van der Waals surface area contributed by atoms with Gasteiger partial charge >= 0.3 is 0 Å². The molecule has 2 rings (SSSR count). The fourth-order valence-electron chi connectivity index (χ4n) is 2.71. The summed E-state index contributed by atoms with van der Waals surface area (Å²) < 4.78 is 0. The van der Waals surface area contributed by atoms with Gasteiger partial charge in [-0.25, -0.2) is 5.43 Å². The highest BCUT2D eigenvalue weighted by Crippen LogP contribution is 2.30. The lowest BCUT2D eigenvalue weighted by Gasteiger charge is -2.22. The highest BCUT2D eigenvalue weighted by molar-refractivity contribution is 5.33. The lowest BCUT2D eigenvalue weighted by atomic mass is 9.92. The van der Waals surface area contributed by atoms with Crippen molar-refractivity contribution in [1.82, 2.24) is 10.4 Å². The number of hydrogen-bond donors (Lipinski definition) is 2. The van der Waals surface area contributed by atoms with Gasteiger partial charge in [0, 0.05) is 12.4 Å². The largest absolute Gasteiger partial charge is 0.271 e. The van der Waals surface area contributed by atoms with E-state index < -0.39 is 0 Å². The number of aryl methyl sites for hydroxylation is 1. The molecule has 1 unspecified atom stereocenters. The van der Waals surface area contributed by atoms with Crippen molar-refractivity contribution >= 4 is 0 Å². The molecule has 3 nitrogen and oxygen atoms in total. The summed E-state index contributed by atoms with van der Waals surface area (Å²) >= 11 is 0. The highest BCUT2D eigenvalue weighted by atomic mass is 15.2. The SMILES string of the molecule is CCc1cnccc1C(NN)C1=CCCCCC1. The predicted molar refractivity (Wildman–Crippen MR) is 74.8 cm³/mol. The Balaban J connectivity index is 2.29. The van der Waals surface area contributed by atoms with Gasteiger partial charge in [-0.15, -0.1) is 0 Å². The quantitative estimate of drug-likeness (QED) is 0.487. The molecular weight excluding hydrogens is 222 g/mol. The van der Waals surface area contributed by atoms with Crippen LogP contribution in [0.4, 0.5) is 0 Å². The number of aromatic nitrogens is 1. The minimum absolute atomic E-state index is 0.154. The summed E-state index contributed by atoms with van der Waals surface area (Å²) in [6.45, 7) is 2.16. The molecule has 1 aromatic rings. The normalized spacial score (nSPS) is 18.0. The van der Waals surface area contributed by atoms with E-state index in [-0.39, 0.29) is 6.04 Å². The second-order valence-corrected chi connectivity index (χ2v) is 4.91. The minimum atomic E-state index is 0.154. The van der Waals surface area contributed by atoms with E-state index in [0.717, 1.165) is 12.8 Å². The molecule has 1 aliphatic rings. The van der Waals surface area contributed by atoms with Crippen LogP contribution in [0.25, 0.3) is 0 Å². The van der Waals surface area contributed by atoms with Gasteiger partial charge in [-0.2, -0.15) is 0 Å². The Bertz CT molecular complexity index is 412. The Hall–Kier alpha value is -1.19. The first-order chi connectivity index (χ1) is 8.86. The molecule has 0 radical (unpaired) electrons. The van der Waals surface area contributed by atoms with Crippen LogP contribution in [0.5, 0.6) is 0 Å². The standard InChI is InChI=1S/C15H23N3/c1-2-12-11-17-10-9-14(12)15(18-16)13-7-5-3-4-6-8-13/h7,9-11,15,18H,2-6,8,16H2,1H3. The zero-order valence-corrected chi connectivity index (χ0v) is 11.2. The van der Waals surface area contributed by atoms with E-state index in [0.29, 0.717) is 0 Å². The maximum atomic E-state index is 5.80. The monoisotopic (exact) mass is 245 g/mol. The molecule has 0 fully saturated rings. The molecule has 0 saturated heterocycles. The lowest BCUT2D eigenvalue weighted by Crippen LogP contribution is -2.30. The van der Waals surface area contributed by atoms with E-state index in [1.54, 1.807) is 0 Å². The first-order valence-electron chi connectivity index (χ1n) is 6.94. The summed E-state index contributed by atoms with van der Waals surface area (Å²) in [6.07, 6.45) is 13.4. The van der Waals surface area contributed by atoms with E-state index in [2.05, 4.69) is 29.5 Å². The van der Waals surface area contributed by atoms with Crippen molar-refractivity contribution in [3.05, 3.63) is 41.2 Å². The van der Waals surface area contributed by atoms with Crippen LogP contribution in [0, 0.1) is 0 Å². The van der Waals surface area contributed by atoms with Crippen molar-refractivity contribution in [3.63, 3.8) is 0 Å². The van der Waals surface area contributed by atoms with E-state index >= 15 is 0 Å². The third kappa shape index (κ3) is 2.98. The topological polar surface area (TPSA) is 50.9 Å². The predicted octanol–water partition coefficient (Wildman–Crippen LogP) is 3.04. The lowest BCUT2D eigenvalue weighted by molar-refractivity contribution is 0.588. The zero-order chi connectivity index (χ0) is 12.8. The van der Waals surface area contributed by atoms with Gasteiger partial charge in [0.1, 0.15) is 0 Å². The fraction of sp³-hybridized carbons (Fsp3) is 0.533. The number of allylic oxidation sites excluding steroid dienone is 1. The summed E-state index contributed by atoms with van der Waals surface area (Å²) in [5.41, 5.74) is 7.00. The molecule has 0 bridgehead atoms. The molecule has 3 heteroatoms.